The Hall–Kier alpha value is -1.43. The number of ether oxygens (including phenoxy) is 1. The number of aldehydes is 1. The molecule has 0 bridgehead atoms. The number of nitro benzene ring substituents is 1. The lowest BCUT2D eigenvalue weighted by atomic mass is 10.3. The number of carbonyl (C=O) groups is 1. The van der Waals surface area contributed by atoms with Gasteiger partial charge in [-0.1, -0.05) is 6.07 Å². The summed E-state index contributed by atoms with van der Waals surface area (Å²) in [5.74, 6) is 0.367. The summed E-state index contributed by atoms with van der Waals surface area (Å²) in [4.78, 5) is 20.1. The van der Waals surface area contributed by atoms with Crippen molar-refractivity contribution < 1.29 is 14.5 Å². The molecule has 0 radical (unpaired) electrons. The summed E-state index contributed by atoms with van der Waals surface area (Å²) < 4.78 is 5.48. The van der Waals surface area contributed by atoms with Crippen molar-refractivity contribution in [2.45, 2.75) is 6.42 Å². The van der Waals surface area contributed by atoms with E-state index < -0.39 is 4.92 Å². The van der Waals surface area contributed by atoms with E-state index in [1.807, 2.05) is 0 Å². The summed E-state index contributed by atoms with van der Waals surface area (Å²) in [5.41, 5.74) is -0.0568. The molecule has 1 aromatic carbocycles. The first kappa shape index (κ1) is 11.6. The molecule has 5 nitrogen and oxygen atoms in total. The van der Waals surface area contributed by atoms with Crippen LogP contribution in [0.5, 0.6) is 5.75 Å². The molecule has 0 amide bonds. The molecule has 0 aromatic heterocycles. The van der Waals surface area contributed by atoms with Gasteiger partial charge in [0.25, 0.3) is 5.69 Å². The molecule has 15 heavy (non-hydrogen) atoms. The van der Waals surface area contributed by atoms with Gasteiger partial charge in [-0.25, -0.2) is 0 Å². The molecule has 0 unspecified atom stereocenters. The average molecular weight is 274 g/mol. The van der Waals surface area contributed by atoms with Crippen LogP contribution < -0.4 is 4.74 Å². The van der Waals surface area contributed by atoms with Gasteiger partial charge in [-0.3, -0.25) is 10.1 Å². The molecule has 0 spiro atoms. The lowest BCUT2D eigenvalue weighted by Crippen LogP contribution is -1.99. The number of nitrogens with zero attached hydrogens (tertiary/aromatic N) is 1. The topological polar surface area (TPSA) is 69.4 Å². The molecule has 1 rings (SSSR count). The van der Waals surface area contributed by atoms with E-state index in [-0.39, 0.29) is 18.7 Å². The van der Waals surface area contributed by atoms with Crippen molar-refractivity contribution in [1.82, 2.24) is 0 Å². The van der Waals surface area contributed by atoms with Gasteiger partial charge in [0.05, 0.1) is 11.5 Å². The van der Waals surface area contributed by atoms with Crippen LogP contribution in [0.4, 0.5) is 5.69 Å². The lowest BCUT2D eigenvalue weighted by Gasteiger charge is -2.05. The quantitative estimate of drug-likeness (QED) is 0.357. The Morgan fingerprint density at radius 3 is 2.87 bits per heavy atom. The fraction of sp³-hybridized carbons (Fsp3) is 0.222. The van der Waals surface area contributed by atoms with Gasteiger partial charge >= 0.3 is 0 Å². The maximum atomic E-state index is 10.6. The Morgan fingerprint density at radius 2 is 2.27 bits per heavy atom. The molecular weight excluding hydrogens is 266 g/mol. The first-order valence-electron chi connectivity index (χ1n) is 4.16. The summed E-state index contributed by atoms with van der Waals surface area (Å²) in [5, 5.41) is 10.6. The molecule has 0 aliphatic rings. The molecule has 80 valence electrons. The highest BCUT2D eigenvalue weighted by atomic mass is 79.9. The van der Waals surface area contributed by atoms with Crippen LogP contribution in [0.3, 0.4) is 0 Å². The second-order valence-electron chi connectivity index (χ2n) is 2.65. The molecule has 0 fully saturated rings. The summed E-state index contributed by atoms with van der Waals surface area (Å²) in [6.07, 6.45) is 0.986. The number of hydrogen-bond donors (Lipinski definition) is 0. The number of hydrogen-bond acceptors (Lipinski definition) is 4. The van der Waals surface area contributed by atoms with Gasteiger partial charge in [0.15, 0.2) is 0 Å². The van der Waals surface area contributed by atoms with Crippen molar-refractivity contribution in [3.8, 4) is 5.75 Å². The van der Waals surface area contributed by atoms with Crippen LogP contribution in [0.1, 0.15) is 6.42 Å². The van der Waals surface area contributed by atoms with Crippen molar-refractivity contribution in [3.63, 3.8) is 0 Å². The van der Waals surface area contributed by atoms with Gasteiger partial charge in [0.2, 0.25) is 0 Å². The molecule has 6 heteroatoms. The molecule has 0 aliphatic heterocycles. The van der Waals surface area contributed by atoms with Gasteiger partial charge in [-0.2, -0.15) is 0 Å². The van der Waals surface area contributed by atoms with Crippen LogP contribution in [0, 0.1) is 10.1 Å². The Balaban J connectivity index is 2.84. The third kappa shape index (κ3) is 3.02. The number of halogens is 1. The zero-order chi connectivity index (χ0) is 11.3. The lowest BCUT2D eigenvalue weighted by molar-refractivity contribution is -0.385. The van der Waals surface area contributed by atoms with Gasteiger partial charge in [0, 0.05) is 12.5 Å². The summed E-state index contributed by atoms with van der Waals surface area (Å²) in [6, 6.07) is 4.50. The van der Waals surface area contributed by atoms with Crippen LogP contribution >= 0.6 is 15.9 Å². The van der Waals surface area contributed by atoms with E-state index in [1.165, 1.54) is 12.1 Å². The van der Waals surface area contributed by atoms with E-state index in [4.69, 9.17) is 4.74 Å². The standard InChI is InChI=1S/C9H8BrNO4/c10-9-7(11(13)14)3-1-4-8(9)15-6-2-5-12/h1,3-5H,2,6H2. The van der Waals surface area contributed by atoms with Crippen molar-refractivity contribution >= 4 is 27.9 Å². The van der Waals surface area contributed by atoms with Crippen molar-refractivity contribution in [2.75, 3.05) is 6.61 Å². The molecule has 0 atom stereocenters. The first-order valence-corrected chi connectivity index (χ1v) is 4.95. The molecule has 0 N–H and O–H groups in total. The third-order valence-corrected chi connectivity index (χ3v) is 2.43. The molecule has 0 aliphatic carbocycles. The monoisotopic (exact) mass is 273 g/mol. The second kappa shape index (κ2) is 5.45. The summed E-state index contributed by atoms with van der Waals surface area (Å²) >= 11 is 3.08. The molecular formula is C9H8BrNO4. The Kier molecular flexibility index (Phi) is 4.23. The van der Waals surface area contributed by atoms with Gasteiger partial charge in [-0.15, -0.1) is 0 Å². The van der Waals surface area contributed by atoms with Crippen LogP contribution in [-0.4, -0.2) is 17.8 Å². The van der Waals surface area contributed by atoms with Crippen LogP contribution in [0.25, 0.3) is 0 Å². The third-order valence-electron chi connectivity index (χ3n) is 1.63. The van der Waals surface area contributed by atoms with Gasteiger partial charge < -0.3 is 9.53 Å². The minimum absolute atomic E-state index is 0.0568. The van der Waals surface area contributed by atoms with E-state index >= 15 is 0 Å². The smallest absolute Gasteiger partial charge is 0.287 e. The van der Waals surface area contributed by atoms with Gasteiger partial charge in [0.1, 0.15) is 16.5 Å². The predicted molar refractivity (Wildman–Crippen MR) is 57.0 cm³/mol. The maximum Gasteiger partial charge on any atom is 0.287 e. The molecule has 0 heterocycles. The van der Waals surface area contributed by atoms with E-state index in [9.17, 15) is 14.9 Å². The highest BCUT2D eigenvalue weighted by molar-refractivity contribution is 9.10. The van der Waals surface area contributed by atoms with Gasteiger partial charge in [-0.05, 0) is 22.0 Å². The van der Waals surface area contributed by atoms with Crippen molar-refractivity contribution in [2.24, 2.45) is 0 Å². The number of nitro groups is 1. The first-order chi connectivity index (χ1) is 7.16. The highest BCUT2D eigenvalue weighted by Gasteiger charge is 2.15. The predicted octanol–water partition coefficient (Wildman–Crippen LogP) is 2.33. The Bertz CT molecular complexity index is 380. The van der Waals surface area contributed by atoms with E-state index in [0.717, 1.165) is 6.29 Å². The van der Waals surface area contributed by atoms with Crippen LogP contribution in [-0.2, 0) is 4.79 Å². The minimum atomic E-state index is -0.503. The Labute approximate surface area is 94.3 Å². The van der Waals surface area contributed by atoms with E-state index in [2.05, 4.69) is 15.9 Å². The largest absolute Gasteiger partial charge is 0.492 e. The fourth-order valence-electron chi connectivity index (χ4n) is 0.969. The fourth-order valence-corrected chi connectivity index (χ4v) is 1.49. The highest BCUT2D eigenvalue weighted by Crippen LogP contribution is 2.33. The average Bonchev–Trinajstić information content (AvgIpc) is 2.20. The van der Waals surface area contributed by atoms with Crippen molar-refractivity contribution in [3.05, 3.63) is 32.8 Å². The van der Waals surface area contributed by atoms with Crippen LogP contribution in [0.15, 0.2) is 22.7 Å². The Morgan fingerprint density at radius 1 is 1.53 bits per heavy atom. The SMILES string of the molecule is O=CCCOc1cccc([N+](=O)[O-])c1Br. The number of rotatable bonds is 5. The number of carbonyl (C=O) groups excluding carboxylic acids is 1. The van der Waals surface area contributed by atoms with Crippen molar-refractivity contribution in [1.29, 1.82) is 0 Å². The molecule has 0 saturated heterocycles. The zero-order valence-corrected chi connectivity index (χ0v) is 9.27. The number of benzene rings is 1. The molecule has 1 aromatic rings. The maximum absolute atomic E-state index is 10.6. The summed E-state index contributed by atoms with van der Waals surface area (Å²) in [6.45, 7) is 0.212. The molecule has 0 saturated carbocycles. The second-order valence-corrected chi connectivity index (χ2v) is 3.44. The summed E-state index contributed by atoms with van der Waals surface area (Å²) in [7, 11) is 0. The normalized spacial score (nSPS) is 9.67. The minimum Gasteiger partial charge on any atom is -0.492 e. The zero-order valence-electron chi connectivity index (χ0n) is 7.68. The van der Waals surface area contributed by atoms with E-state index in [1.54, 1.807) is 6.07 Å². The van der Waals surface area contributed by atoms with Crippen LogP contribution in [0.2, 0.25) is 0 Å². The van der Waals surface area contributed by atoms with E-state index in [0.29, 0.717) is 10.2 Å².